The van der Waals surface area contributed by atoms with Crippen molar-refractivity contribution in [2.24, 2.45) is 10.9 Å². The third-order valence-corrected chi connectivity index (χ3v) is 4.27. The van der Waals surface area contributed by atoms with Crippen LogP contribution in [-0.4, -0.2) is 51.1 Å². The molecule has 0 aliphatic carbocycles. The van der Waals surface area contributed by atoms with E-state index in [0.29, 0.717) is 18.4 Å². The lowest BCUT2D eigenvalue weighted by Crippen LogP contribution is -2.37. The van der Waals surface area contributed by atoms with Gasteiger partial charge in [-0.3, -0.25) is 4.99 Å². The van der Waals surface area contributed by atoms with E-state index in [2.05, 4.69) is 34.6 Å². The number of rotatable bonds is 9. The van der Waals surface area contributed by atoms with E-state index in [-0.39, 0.29) is 24.0 Å². The maximum atomic E-state index is 5.76. The zero-order valence-electron chi connectivity index (χ0n) is 16.1. The molecule has 0 aromatic carbocycles. The molecule has 7 nitrogen and oxygen atoms in total. The molecule has 8 heteroatoms. The molecule has 1 fully saturated rings. The topological polar surface area (TPSA) is 80.9 Å². The van der Waals surface area contributed by atoms with Crippen LogP contribution in [0.3, 0.4) is 0 Å². The van der Waals surface area contributed by atoms with Gasteiger partial charge < -0.3 is 24.6 Å². The monoisotopic (exact) mass is 480 g/mol. The molecule has 0 atom stereocenters. The number of halogens is 1. The summed E-state index contributed by atoms with van der Waals surface area (Å²) in [7, 11) is 1.76. The van der Waals surface area contributed by atoms with Gasteiger partial charge in [-0.25, -0.2) is 0 Å². The molecule has 150 valence electrons. The van der Waals surface area contributed by atoms with Gasteiger partial charge in [0, 0.05) is 46.1 Å². The number of nitrogens with one attached hydrogen (secondary N) is 2. The van der Waals surface area contributed by atoms with Crippen molar-refractivity contribution in [2.75, 3.05) is 40.0 Å². The Morgan fingerprint density at radius 1 is 1.35 bits per heavy atom. The van der Waals surface area contributed by atoms with Crippen LogP contribution in [0.4, 0.5) is 0 Å². The molecule has 2 heterocycles. The molecule has 1 aromatic heterocycles. The average Bonchev–Trinajstić information content (AvgIpc) is 3.11. The van der Waals surface area contributed by atoms with E-state index in [0.717, 1.165) is 69.6 Å². The van der Waals surface area contributed by atoms with Crippen LogP contribution in [0.1, 0.15) is 50.5 Å². The second kappa shape index (κ2) is 13.3. The summed E-state index contributed by atoms with van der Waals surface area (Å²) in [6, 6.07) is 1.98. The number of guanidine groups is 1. The first kappa shape index (κ1) is 23.2. The van der Waals surface area contributed by atoms with E-state index in [9.17, 15) is 0 Å². The Bertz CT molecular complexity index is 516. The van der Waals surface area contributed by atoms with Gasteiger partial charge in [-0.1, -0.05) is 19.0 Å². The first-order valence-electron chi connectivity index (χ1n) is 9.24. The lowest BCUT2D eigenvalue weighted by Gasteiger charge is -2.21. The first-order valence-corrected chi connectivity index (χ1v) is 9.24. The predicted molar refractivity (Wildman–Crippen MR) is 113 cm³/mol. The summed E-state index contributed by atoms with van der Waals surface area (Å²) in [6.07, 6.45) is 3.19. The quantitative estimate of drug-likeness (QED) is 0.245. The highest BCUT2D eigenvalue weighted by molar-refractivity contribution is 14.0. The summed E-state index contributed by atoms with van der Waals surface area (Å²) in [5, 5.41) is 10.6. The Kier molecular flexibility index (Phi) is 11.9. The summed E-state index contributed by atoms with van der Waals surface area (Å²) >= 11 is 0. The van der Waals surface area contributed by atoms with Crippen LogP contribution in [0.5, 0.6) is 0 Å². The van der Waals surface area contributed by atoms with E-state index >= 15 is 0 Å². The SMILES string of the molecule is CN=C(NCCCOCC1CCOCC1)NCc1cc(C(C)C)no1.I. The van der Waals surface area contributed by atoms with Crippen LogP contribution in [0.2, 0.25) is 0 Å². The van der Waals surface area contributed by atoms with E-state index in [1.54, 1.807) is 7.05 Å². The highest BCUT2D eigenvalue weighted by atomic mass is 127. The number of aliphatic imine (C=N–C) groups is 1. The smallest absolute Gasteiger partial charge is 0.191 e. The largest absolute Gasteiger partial charge is 0.381 e. The number of ether oxygens (including phenoxy) is 2. The van der Waals surface area contributed by atoms with Gasteiger partial charge in [-0.05, 0) is 31.1 Å². The van der Waals surface area contributed by atoms with Crippen LogP contribution >= 0.6 is 24.0 Å². The van der Waals surface area contributed by atoms with Crippen molar-refractivity contribution in [3.05, 3.63) is 17.5 Å². The molecule has 2 rings (SSSR count). The summed E-state index contributed by atoms with van der Waals surface area (Å²) in [6.45, 7) is 8.95. The molecular formula is C18H33IN4O3. The molecular weight excluding hydrogens is 447 g/mol. The Morgan fingerprint density at radius 3 is 2.77 bits per heavy atom. The van der Waals surface area contributed by atoms with Gasteiger partial charge >= 0.3 is 0 Å². The number of hydrogen-bond acceptors (Lipinski definition) is 5. The van der Waals surface area contributed by atoms with Gasteiger partial charge in [-0.2, -0.15) is 0 Å². The minimum Gasteiger partial charge on any atom is -0.381 e. The standard InChI is InChI=1S/C18H32N4O3.HI/c1-14(2)17-11-16(25-22-17)12-21-18(19-3)20-7-4-8-24-13-15-5-9-23-10-6-15;/h11,14-15H,4-10,12-13H2,1-3H3,(H2,19,20,21);1H. The summed E-state index contributed by atoms with van der Waals surface area (Å²) < 4.78 is 16.4. The van der Waals surface area contributed by atoms with Crippen LogP contribution in [-0.2, 0) is 16.0 Å². The molecule has 2 N–H and O–H groups in total. The number of hydrogen-bond donors (Lipinski definition) is 2. The summed E-state index contributed by atoms with van der Waals surface area (Å²) in [4.78, 5) is 4.21. The molecule has 26 heavy (non-hydrogen) atoms. The molecule has 0 unspecified atom stereocenters. The third-order valence-electron chi connectivity index (χ3n) is 4.27. The van der Waals surface area contributed by atoms with Gasteiger partial charge in [0.15, 0.2) is 11.7 Å². The highest BCUT2D eigenvalue weighted by Gasteiger charge is 2.13. The van der Waals surface area contributed by atoms with Gasteiger partial charge in [-0.15, -0.1) is 24.0 Å². The van der Waals surface area contributed by atoms with Gasteiger partial charge in [0.2, 0.25) is 0 Å². The summed E-state index contributed by atoms with van der Waals surface area (Å²) in [5.41, 5.74) is 0.974. The molecule has 1 aliphatic heterocycles. The second-order valence-corrected chi connectivity index (χ2v) is 6.71. The van der Waals surface area contributed by atoms with E-state index in [1.807, 2.05) is 6.07 Å². The fourth-order valence-corrected chi connectivity index (χ4v) is 2.62. The predicted octanol–water partition coefficient (Wildman–Crippen LogP) is 2.91. The van der Waals surface area contributed by atoms with Crippen LogP contribution in [0.25, 0.3) is 0 Å². The van der Waals surface area contributed by atoms with Crippen molar-refractivity contribution in [2.45, 2.75) is 45.6 Å². The minimum atomic E-state index is 0. The fraction of sp³-hybridized carbons (Fsp3) is 0.778. The van der Waals surface area contributed by atoms with Crippen molar-refractivity contribution in [1.82, 2.24) is 15.8 Å². The average molecular weight is 480 g/mol. The number of nitrogens with zero attached hydrogens (tertiary/aromatic N) is 2. The minimum absolute atomic E-state index is 0. The highest BCUT2D eigenvalue weighted by Crippen LogP contribution is 2.15. The zero-order chi connectivity index (χ0) is 17.9. The van der Waals surface area contributed by atoms with Crippen molar-refractivity contribution in [3.63, 3.8) is 0 Å². The Balaban J connectivity index is 0.00000338. The van der Waals surface area contributed by atoms with Crippen LogP contribution in [0.15, 0.2) is 15.6 Å². The molecule has 1 aromatic rings. The molecule has 1 saturated heterocycles. The molecule has 0 radical (unpaired) electrons. The third kappa shape index (κ3) is 8.68. The Labute approximate surface area is 173 Å². The molecule has 0 bridgehead atoms. The van der Waals surface area contributed by atoms with Crippen molar-refractivity contribution in [1.29, 1.82) is 0 Å². The maximum absolute atomic E-state index is 5.76. The fourth-order valence-electron chi connectivity index (χ4n) is 2.62. The van der Waals surface area contributed by atoms with E-state index < -0.39 is 0 Å². The second-order valence-electron chi connectivity index (χ2n) is 6.71. The lowest BCUT2D eigenvalue weighted by atomic mass is 10.0. The van der Waals surface area contributed by atoms with Crippen LogP contribution in [0, 0.1) is 5.92 Å². The molecule has 0 spiro atoms. The molecule has 1 aliphatic rings. The van der Waals surface area contributed by atoms with Gasteiger partial charge in [0.1, 0.15) is 0 Å². The Morgan fingerprint density at radius 2 is 2.12 bits per heavy atom. The molecule has 0 saturated carbocycles. The van der Waals surface area contributed by atoms with Crippen LogP contribution < -0.4 is 10.6 Å². The number of aromatic nitrogens is 1. The summed E-state index contributed by atoms with van der Waals surface area (Å²) in [5.74, 6) is 2.60. The normalized spacial score (nSPS) is 15.8. The van der Waals surface area contributed by atoms with E-state index in [1.165, 1.54) is 0 Å². The van der Waals surface area contributed by atoms with E-state index in [4.69, 9.17) is 14.0 Å². The maximum Gasteiger partial charge on any atom is 0.191 e. The van der Waals surface area contributed by atoms with Gasteiger partial charge in [0.05, 0.1) is 12.2 Å². The first-order chi connectivity index (χ1) is 12.2. The van der Waals surface area contributed by atoms with Gasteiger partial charge in [0.25, 0.3) is 0 Å². The van der Waals surface area contributed by atoms with Crippen molar-refractivity contribution in [3.8, 4) is 0 Å². The Hall–Kier alpha value is -0.870. The molecule has 0 amide bonds. The lowest BCUT2D eigenvalue weighted by molar-refractivity contribution is 0.0203. The van der Waals surface area contributed by atoms with Crippen molar-refractivity contribution >= 4 is 29.9 Å². The zero-order valence-corrected chi connectivity index (χ0v) is 18.5. The van der Waals surface area contributed by atoms with Crippen molar-refractivity contribution < 1.29 is 14.0 Å².